The maximum atomic E-state index is 9.44. The van der Waals surface area contributed by atoms with Crippen molar-refractivity contribution in [3.63, 3.8) is 0 Å². The van der Waals surface area contributed by atoms with Crippen LogP contribution < -0.4 is 11.1 Å². The number of anilines is 1. The first-order valence-electron chi connectivity index (χ1n) is 7.10. The number of nitrogens with zero attached hydrogens (tertiary/aromatic N) is 1. The lowest BCUT2D eigenvalue weighted by atomic mass is 9.90. The van der Waals surface area contributed by atoms with E-state index >= 15 is 0 Å². The van der Waals surface area contributed by atoms with Crippen molar-refractivity contribution >= 4 is 17.4 Å². The van der Waals surface area contributed by atoms with Crippen molar-refractivity contribution in [3.05, 3.63) is 23.8 Å². The van der Waals surface area contributed by atoms with Gasteiger partial charge in [0.25, 0.3) is 0 Å². The molecule has 3 N–H and O–H groups in total. The van der Waals surface area contributed by atoms with Crippen molar-refractivity contribution in [2.75, 3.05) is 17.6 Å². The van der Waals surface area contributed by atoms with Crippen LogP contribution in [0.2, 0.25) is 0 Å². The van der Waals surface area contributed by atoms with E-state index in [2.05, 4.69) is 39.1 Å². The molecule has 1 aromatic rings. The largest absolute Gasteiger partial charge is 0.377 e. The van der Waals surface area contributed by atoms with Crippen LogP contribution in [0.3, 0.4) is 0 Å². The summed E-state index contributed by atoms with van der Waals surface area (Å²) in [7, 11) is 0. The third kappa shape index (κ3) is 4.43. The van der Waals surface area contributed by atoms with Crippen molar-refractivity contribution in [1.82, 2.24) is 0 Å². The lowest BCUT2D eigenvalue weighted by Gasteiger charge is -2.33. The van der Waals surface area contributed by atoms with E-state index in [0.29, 0.717) is 12.5 Å². The molecule has 0 radical (unpaired) electrons. The molecule has 4 heteroatoms. The first-order valence-corrected chi connectivity index (χ1v) is 8.08. The molecular formula is C16H25N3S. The zero-order valence-corrected chi connectivity index (χ0v) is 13.7. The third-order valence-corrected chi connectivity index (χ3v) is 4.12. The molecule has 110 valence electrons. The summed E-state index contributed by atoms with van der Waals surface area (Å²) in [6, 6.07) is 8.28. The van der Waals surface area contributed by atoms with E-state index in [-0.39, 0.29) is 5.54 Å². The molecule has 0 aromatic heterocycles. The number of thioether (sulfide) groups is 1. The molecule has 20 heavy (non-hydrogen) atoms. The molecule has 0 aliphatic carbocycles. The second-order valence-electron chi connectivity index (χ2n) is 5.71. The van der Waals surface area contributed by atoms with Crippen LogP contribution in [0.4, 0.5) is 5.69 Å². The molecule has 0 fully saturated rings. The number of benzene rings is 1. The van der Waals surface area contributed by atoms with Crippen LogP contribution in [0.15, 0.2) is 23.1 Å². The smallest absolute Gasteiger partial charge is 0.102 e. The van der Waals surface area contributed by atoms with E-state index in [1.165, 1.54) is 0 Å². The summed E-state index contributed by atoms with van der Waals surface area (Å²) in [4.78, 5) is 1.03. The predicted octanol–water partition coefficient (Wildman–Crippen LogP) is 3.85. The Morgan fingerprint density at radius 3 is 2.65 bits per heavy atom. The van der Waals surface area contributed by atoms with E-state index in [0.717, 1.165) is 28.3 Å². The van der Waals surface area contributed by atoms with Crippen LogP contribution in [-0.2, 0) is 0 Å². The summed E-state index contributed by atoms with van der Waals surface area (Å²) >= 11 is 1.69. The molecule has 3 nitrogen and oxygen atoms in total. The number of nitrogens with two attached hydrogens (primary N) is 1. The summed E-state index contributed by atoms with van der Waals surface area (Å²) in [6.45, 7) is 9.12. The summed E-state index contributed by atoms with van der Waals surface area (Å²) in [5, 5.41) is 12.9. The molecule has 0 bridgehead atoms. The van der Waals surface area contributed by atoms with Crippen molar-refractivity contribution in [1.29, 1.82) is 5.26 Å². The minimum absolute atomic E-state index is 0.185. The number of nitriles is 1. The molecule has 1 rings (SSSR count). The SMILES string of the molecule is CCSc1cccc(NC(C)(CN)CC(C)C)c1C#N. The predicted molar refractivity (Wildman–Crippen MR) is 88.1 cm³/mol. The zero-order chi connectivity index (χ0) is 15.2. The fourth-order valence-corrected chi connectivity index (χ4v) is 3.22. The highest BCUT2D eigenvalue weighted by molar-refractivity contribution is 7.99. The average molecular weight is 291 g/mol. The monoisotopic (exact) mass is 291 g/mol. The van der Waals surface area contributed by atoms with Gasteiger partial charge in [-0.25, -0.2) is 0 Å². The van der Waals surface area contributed by atoms with Crippen molar-refractivity contribution in [3.8, 4) is 6.07 Å². The summed E-state index contributed by atoms with van der Waals surface area (Å²) in [6.07, 6.45) is 0.972. The molecule has 0 saturated carbocycles. The van der Waals surface area contributed by atoms with E-state index < -0.39 is 0 Å². The van der Waals surface area contributed by atoms with Gasteiger partial charge in [0.1, 0.15) is 6.07 Å². The molecule has 0 spiro atoms. The van der Waals surface area contributed by atoms with Crippen LogP contribution in [-0.4, -0.2) is 17.8 Å². The van der Waals surface area contributed by atoms with Gasteiger partial charge >= 0.3 is 0 Å². The molecule has 0 aliphatic rings. The Kier molecular flexibility index (Phi) is 6.38. The lowest BCUT2D eigenvalue weighted by Crippen LogP contribution is -2.43. The minimum atomic E-state index is -0.185. The van der Waals surface area contributed by atoms with Gasteiger partial charge in [-0.05, 0) is 37.1 Å². The van der Waals surface area contributed by atoms with Gasteiger partial charge in [0.05, 0.1) is 11.3 Å². The molecular weight excluding hydrogens is 266 g/mol. The molecule has 1 aromatic carbocycles. The number of hydrogen-bond donors (Lipinski definition) is 2. The zero-order valence-electron chi connectivity index (χ0n) is 12.9. The van der Waals surface area contributed by atoms with Gasteiger partial charge < -0.3 is 11.1 Å². The third-order valence-electron chi connectivity index (χ3n) is 3.18. The van der Waals surface area contributed by atoms with E-state index in [1.54, 1.807) is 11.8 Å². The Hall–Kier alpha value is -1.18. The second kappa shape index (κ2) is 7.56. The van der Waals surface area contributed by atoms with Gasteiger partial charge in [0.2, 0.25) is 0 Å². The first kappa shape index (κ1) is 16.9. The average Bonchev–Trinajstić information content (AvgIpc) is 2.38. The van der Waals surface area contributed by atoms with Crippen molar-refractivity contribution in [2.24, 2.45) is 11.7 Å². The Morgan fingerprint density at radius 1 is 1.45 bits per heavy atom. The molecule has 0 saturated heterocycles. The van der Waals surface area contributed by atoms with Crippen LogP contribution >= 0.6 is 11.8 Å². The van der Waals surface area contributed by atoms with Gasteiger partial charge in [0.15, 0.2) is 0 Å². The topological polar surface area (TPSA) is 61.8 Å². The van der Waals surface area contributed by atoms with Crippen LogP contribution in [0, 0.1) is 17.2 Å². The first-order chi connectivity index (χ1) is 9.45. The Labute approximate surface area is 126 Å². The standard InChI is InChI=1S/C16H25N3S/c1-5-20-15-8-6-7-14(13(15)10-17)19-16(4,11-18)9-12(2)3/h6-8,12,19H,5,9,11,18H2,1-4H3. The minimum Gasteiger partial charge on any atom is -0.377 e. The molecule has 1 atom stereocenters. The number of rotatable bonds is 7. The highest BCUT2D eigenvalue weighted by Gasteiger charge is 2.25. The Bertz CT molecular complexity index is 479. The van der Waals surface area contributed by atoms with Gasteiger partial charge in [-0.15, -0.1) is 11.8 Å². The molecule has 0 aliphatic heterocycles. The number of hydrogen-bond acceptors (Lipinski definition) is 4. The molecule has 0 heterocycles. The maximum absolute atomic E-state index is 9.44. The normalized spacial score (nSPS) is 13.8. The van der Waals surface area contributed by atoms with Crippen molar-refractivity contribution in [2.45, 2.75) is 44.6 Å². The Morgan fingerprint density at radius 2 is 2.15 bits per heavy atom. The lowest BCUT2D eigenvalue weighted by molar-refractivity contribution is 0.407. The summed E-state index contributed by atoms with van der Waals surface area (Å²) < 4.78 is 0. The fraction of sp³-hybridized carbons (Fsp3) is 0.562. The van der Waals surface area contributed by atoms with E-state index in [4.69, 9.17) is 5.73 Å². The summed E-state index contributed by atoms with van der Waals surface area (Å²) in [5.41, 5.74) is 7.37. The van der Waals surface area contributed by atoms with Gasteiger partial charge in [-0.1, -0.05) is 26.8 Å². The molecule has 1 unspecified atom stereocenters. The van der Waals surface area contributed by atoms with Crippen LogP contribution in [0.5, 0.6) is 0 Å². The highest BCUT2D eigenvalue weighted by Crippen LogP contribution is 2.30. The van der Waals surface area contributed by atoms with Crippen molar-refractivity contribution < 1.29 is 0 Å². The highest BCUT2D eigenvalue weighted by atomic mass is 32.2. The van der Waals surface area contributed by atoms with Gasteiger partial charge in [-0.2, -0.15) is 5.26 Å². The van der Waals surface area contributed by atoms with E-state index in [9.17, 15) is 5.26 Å². The fourth-order valence-electron chi connectivity index (χ4n) is 2.44. The molecule has 0 amide bonds. The van der Waals surface area contributed by atoms with E-state index in [1.807, 2.05) is 18.2 Å². The second-order valence-corrected chi connectivity index (χ2v) is 7.02. The van der Waals surface area contributed by atoms with Crippen LogP contribution in [0.1, 0.15) is 39.7 Å². The number of nitrogens with one attached hydrogen (secondary N) is 1. The van der Waals surface area contributed by atoms with Crippen LogP contribution in [0.25, 0.3) is 0 Å². The Balaban J connectivity index is 3.07. The van der Waals surface area contributed by atoms with Gasteiger partial charge in [0, 0.05) is 17.0 Å². The summed E-state index contributed by atoms with van der Waals surface area (Å²) in [5.74, 6) is 1.51. The quantitative estimate of drug-likeness (QED) is 0.749. The maximum Gasteiger partial charge on any atom is 0.102 e. The van der Waals surface area contributed by atoms with Gasteiger partial charge in [-0.3, -0.25) is 0 Å².